The first-order chi connectivity index (χ1) is 11.5. The van der Waals surface area contributed by atoms with E-state index < -0.39 is 0 Å². The van der Waals surface area contributed by atoms with Crippen LogP contribution in [0.15, 0.2) is 29.3 Å². The lowest BCUT2D eigenvalue weighted by Gasteiger charge is -2.24. The zero-order chi connectivity index (χ0) is 17.4. The van der Waals surface area contributed by atoms with Gasteiger partial charge in [-0.05, 0) is 56.7 Å². The Morgan fingerprint density at radius 1 is 1.32 bits per heavy atom. The third-order valence-corrected chi connectivity index (χ3v) is 5.34. The maximum absolute atomic E-state index is 12.0. The Morgan fingerprint density at radius 2 is 2.04 bits per heavy atom. The molecule has 6 nitrogen and oxygen atoms in total. The van der Waals surface area contributed by atoms with Crippen LogP contribution in [0.1, 0.15) is 26.7 Å². The van der Waals surface area contributed by atoms with Gasteiger partial charge in [0.25, 0.3) is 0 Å². The minimum Gasteiger partial charge on any atom is -0.508 e. The van der Waals surface area contributed by atoms with Crippen molar-refractivity contribution in [1.82, 2.24) is 10.6 Å². The van der Waals surface area contributed by atoms with Gasteiger partial charge in [0.2, 0.25) is 5.91 Å². The van der Waals surface area contributed by atoms with Gasteiger partial charge in [-0.15, -0.1) is 24.0 Å². The van der Waals surface area contributed by atoms with Gasteiger partial charge < -0.3 is 21.1 Å². The third kappa shape index (κ3) is 7.72. The van der Waals surface area contributed by atoms with E-state index in [1.807, 2.05) is 18.7 Å². The first kappa shape index (κ1) is 21.9. The van der Waals surface area contributed by atoms with E-state index in [2.05, 4.69) is 27.9 Å². The number of hydrogen-bond acceptors (Lipinski definition) is 4. The Kier molecular flexibility index (Phi) is 9.41. The maximum atomic E-state index is 12.0. The molecule has 1 aliphatic rings. The summed E-state index contributed by atoms with van der Waals surface area (Å²) in [6, 6.07) is 6.37. The van der Waals surface area contributed by atoms with E-state index in [0.717, 1.165) is 13.1 Å². The second-order valence-electron chi connectivity index (χ2n) is 6.05. The highest BCUT2D eigenvalue weighted by atomic mass is 127. The van der Waals surface area contributed by atoms with Gasteiger partial charge in [0.1, 0.15) is 12.3 Å². The molecule has 2 rings (SSSR count). The van der Waals surface area contributed by atoms with Crippen LogP contribution in [0.25, 0.3) is 0 Å². The molecule has 1 amide bonds. The summed E-state index contributed by atoms with van der Waals surface area (Å²) in [5.74, 6) is 1.84. The molecule has 0 radical (unpaired) electrons. The van der Waals surface area contributed by atoms with E-state index >= 15 is 0 Å². The SMILES string of the molecule is CCNC(=NCC(=O)Nc1ccc(O)cc1)NCC1(C)CCCS1.I. The lowest BCUT2D eigenvalue weighted by molar-refractivity contribution is -0.114. The molecule has 0 aromatic heterocycles. The predicted octanol–water partition coefficient (Wildman–Crippen LogP) is 2.79. The first-order valence-corrected chi connectivity index (χ1v) is 9.24. The molecule has 4 N–H and O–H groups in total. The molecule has 1 unspecified atom stereocenters. The number of halogens is 1. The molecule has 0 spiro atoms. The van der Waals surface area contributed by atoms with Crippen LogP contribution in [0.2, 0.25) is 0 Å². The molecule has 1 aromatic carbocycles. The number of carbonyl (C=O) groups excluding carboxylic acids is 1. The first-order valence-electron chi connectivity index (χ1n) is 8.26. The van der Waals surface area contributed by atoms with E-state index in [1.54, 1.807) is 12.1 Å². The van der Waals surface area contributed by atoms with Crippen LogP contribution >= 0.6 is 35.7 Å². The van der Waals surface area contributed by atoms with Crippen molar-refractivity contribution in [2.75, 3.05) is 30.7 Å². The van der Waals surface area contributed by atoms with Gasteiger partial charge in [0, 0.05) is 23.5 Å². The number of anilines is 1. The maximum Gasteiger partial charge on any atom is 0.246 e. The van der Waals surface area contributed by atoms with Crippen LogP contribution in [-0.4, -0.2) is 47.1 Å². The molecule has 8 heteroatoms. The molecule has 25 heavy (non-hydrogen) atoms. The summed E-state index contributed by atoms with van der Waals surface area (Å²) in [4.78, 5) is 16.3. The normalized spacial score (nSPS) is 19.8. The zero-order valence-corrected chi connectivity index (χ0v) is 17.8. The molecule has 1 saturated heterocycles. The van der Waals surface area contributed by atoms with Crippen LogP contribution in [-0.2, 0) is 4.79 Å². The summed E-state index contributed by atoms with van der Waals surface area (Å²) >= 11 is 1.99. The van der Waals surface area contributed by atoms with Crippen molar-refractivity contribution in [2.45, 2.75) is 31.4 Å². The quantitative estimate of drug-likeness (QED) is 0.219. The summed E-state index contributed by atoms with van der Waals surface area (Å²) in [6.07, 6.45) is 2.46. The average molecular weight is 478 g/mol. The second-order valence-corrected chi connectivity index (χ2v) is 7.73. The van der Waals surface area contributed by atoms with Gasteiger partial charge in [-0.2, -0.15) is 11.8 Å². The van der Waals surface area contributed by atoms with E-state index in [-0.39, 0.29) is 46.9 Å². The number of hydrogen-bond donors (Lipinski definition) is 4. The summed E-state index contributed by atoms with van der Waals surface area (Å²) in [7, 11) is 0. The number of rotatable bonds is 6. The highest BCUT2D eigenvalue weighted by Crippen LogP contribution is 2.36. The standard InChI is InChI=1S/C17H26N4O2S.HI/c1-3-18-16(20-12-17(2)9-4-10-24-17)19-11-15(23)21-13-5-7-14(22)8-6-13;/h5-8,22H,3-4,9-12H2,1-2H3,(H,21,23)(H2,18,19,20);1H. The van der Waals surface area contributed by atoms with Crippen molar-refractivity contribution in [1.29, 1.82) is 0 Å². The molecule has 0 bridgehead atoms. The van der Waals surface area contributed by atoms with Crippen molar-refractivity contribution in [3.05, 3.63) is 24.3 Å². The van der Waals surface area contributed by atoms with Crippen molar-refractivity contribution >= 4 is 53.3 Å². The number of phenols is 1. The smallest absolute Gasteiger partial charge is 0.246 e. The predicted molar refractivity (Wildman–Crippen MR) is 116 cm³/mol. The molecule has 0 saturated carbocycles. The number of amides is 1. The van der Waals surface area contributed by atoms with Crippen LogP contribution < -0.4 is 16.0 Å². The van der Waals surface area contributed by atoms with Crippen molar-refractivity contribution in [3.63, 3.8) is 0 Å². The molecule has 140 valence electrons. The number of phenolic OH excluding ortho intramolecular Hbond substituents is 1. The van der Waals surface area contributed by atoms with Gasteiger partial charge in [0.15, 0.2) is 5.96 Å². The minimum atomic E-state index is -0.195. The molecule has 1 aromatic rings. The van der Waals surface area contributed by atoms with Crippen molar-refractivity contribution < 1.29 is 9.90 Å². The van der Waals surface area contributed by atoms with E-state index in [1.165, 1.54) is 30.7 Å². The molecule has 1 heterocycles. The lowest BCUT2D eigenvalue weighted by atomic mass is 10.1. The van der Waals surface area contributed by atoms with E-state index in [4.69, 9.17) is 0 Å². The van der Waals surface area contributed by atoms with Gasteiger partial charge in [-0.1, -0.05) is 0 Å². The summed E-state index contributed by atoms with van der Waals surface area (Å²) in [5, 5.41) is 18.5. The second kappa shape index (κ2) is 10.7. The van der Waals surface area contributed by atoms with Gasteiger partial charge in [-0.25, -0.2) is 4.99 Å². The number of aromatic hydroxyl groups is 1. The molecular weight excluding hydrogens is 451 g/mol. The van der Waals surface area contributed by atoms with Crippen LogP contribution in [0, 0.1) is 0 Å². The van der Waals surface area contributed by atoms with Gasteiger partial charge in [0.05, 0.1) is 0 Å². The Bertz CT molecular complexity index is 575. The fourth-order valence-electron chi connectivity index (χ4n) is 2.48. The number of thioether (sulfide) groups is 1. The number of benzene rings is 1. The summed E-state index contributed by atoms with van der Waals surface area (Å²) < 4.78 is 0.241. The monoisotopic (exact) mass is 478 g/mol. The zero-order valence-electron chi connectivity index (χ0n) is 14.7. The highest BCUT2D eigenvalue weighted by Gasteiger charge is 2.29. The van der Waals surface area contributed by atoms with Gasteiger partial charge >= 0.3 is 0 Å². The minimum absolute atomic E-state index is 0. The van der Waals surface area contributed by atoms with Crippen LogP contribution in [0.5, 0.6) is 5.75 Å². The summed E-state index contributed by atoms with van der Waals surface area (Å²) in [6.45, 7) is 5.89. The fourth-order valence-corrected chi connectivity index (χ4v) is 3.73. The number of nitrogens with one attached hydrogen (secondary N) is 3. The van der Waals surface area contributed by atoms with Gasteiger partial charge in [-0.3, -0.25) is 4.79 Å². The number of nitrogens with zero attached hydrogens (tertiary/aromatic N) is 1. The molecule has 0 aliphatic carbocycles. The molecule has 1 fully saturated rings. The Hall–Kier alpha value is -1.16. The van der Waals surface area contributed by atoms with Crippen LogP contribution in [0.3, 0.4) is 0 Å². The average Bonchev–Trinajstić information content (AvgIpc) is 2.99. The van der Waals surface area contributed by atoms with E-state index in [0.29, 0.717) is 11.6 Å². The van der Waals surface area contributed by atoms with Crippen molar-refractivity contribution in [2.24, 2.45) is 4.99 Å². The van der Waals surface area contributed by atoms with Crippen molar-refractivity contribution in [3.8, 4) is 5.75 Å². The molecule has 1 atom stereocenters. The largest absolute Gasteiger partial charge is 0.508 e. The topological polar surface area (TPSA) is 85.8 Å². The Balaban J connectivity index is 0.00000312. The van der Waals surface area contributed by atoms with E-state index in [9.17, 15) is 9.90 Å². The number of carbonyl (C=O) groups is 1. The summed E-state index contributed by atoms with van der Waals surface area (Å²) in [5.41, 5.74) is 0.640. The lowest BCUT2D eigenvalue weighted by Crippen LogP contribution is -2.44. The number of guanidine groups is 1. The fraction of sp³-hybridized carbons (Fsp3) is 0.529. The Morgan fingerprint density at radius 3 is 2.64 bits per heavy atom. The number of aliphatic imine (C=N–C) groups is 1. The molecular formula is C17H27IN4O2S. The van der Waals surface area contributed by atoms with Crippen LogP contribution in [0.4, 0.5) is 5.69 Å². The third-order valence-electron chi connectivity index (χ3n) is 3.81. The molecule has 1 aliphatic heterocycles. The Labute approximate surface area is 170 Å². The highest BCUT2D eigenvalue weighted by molar-refractivity contribution is 14.0.